The van der Waals surface area contributed by atoms with Gasteiger partial charge in [0.1, 0.15) is 0 Å². The molecule has 1 aliphatic heterocycles. The van der Waals surface area contributed by atoms with E-state index in [2.05, 4.69) is 28.3 Å². The molecule has 0 atom stereocenters. The van der Waals surface area contributed by atoms with E-state index in [1.807, 2.05) is 17.9 Å². The number of carbonyl (C=O) groups is 2. The Morgan fingerprint density at radius 1 is 1.21 bits per heavy atom. The molecule has 0 aromatic carbocycles. The predicted molar refractivity (Wildman–Crippen MR) is 116 cm³/mol. The number of nitrogens with one attached hydrogen (secondary N) is 1. The summed E-state index contributed by atoms with van der Waals surface area (Å²) in [6, 6.07) is 4.64. The highest BCUT2D eigenvalue weighted by Crippen LogP contribution is 2.32. The molecule has 2 aromatic rings. The Morgan fingerprint density at radius 2 is 2.00 bits per heavy atom. The minimum Gasteiger partial charge on any atom is -0.351 e. The van der Waals surface area contributed by atoms with Gasteiger partial charge in [-0.15, -0.1) is 11.3 Å². The summed E-state index contributed by atoms with van der Waals surface area (Å²) in [5, 5.41) is 5.07. The van der Waals surface area contributed by atoms with E-state index < -0.39 is 0 Å². The van der Waals surface area contributed by atoms with E-state index in [4.69, 9.17) is 0 Å². The zero-order valence-corrected chi connectivity index (χ0v) is 18.3. The van der Waals surface area contributed by atoms with Crippen molar-refractivity contribution in [1.29, 1.82) is 0 Å². The molecule has 2 aromatic heterocycles. The molecule has 6 heteroatoms. The summed E-state index contributed by atoms with van der Waals surface area (Å²) in [4.78, 5) is 28.6. The molecular weight excluding hydrogens is 382 g/mol. The molecule has 4 rings (SSSR count). The van der Waals surface area contributed by atoms with E-state index in [1.165, 1.54) is 42.5 Å². The molecule has 1 saturated carbocycles. The number of aromatic nitrogens is 1. The van der Waals surface area contributed by atoms with Gasteiger partial charge in [0.15, 0.2) is 0 Å². The SMILES string of the molecule is Cc1cc(C(=O)NCCC(=O)N2CCc3sccc3C2)c(C)n1C1CCCCC1. The van der Waals surface area contributed by atoms with Gasteiger partial charge < -0.3 is 14.8 Å². The molecule has 2 amide bonds. The Balaban J connectivity index is 1.31. The van der Waals surface area contributed by atoms with Crippen LogP contribution in [-0.2, 0) is 17.8 Å². The van der Waals surface area contributed by atoms with Crippen LogP contribution in [-0.4, -0.2) is 34.4 Å². The Hall–Kier alpha value is -2.08. The minimum absolute atomic E-state index is 0.0632. The lowest BCUT2D eigenvalue weighted by Crippen LogP contribution is -2.37. The van der Waals surface area contributed by atoms with E-state index in [0.717, 1.165) is 29.9 Å². The molecule has 0 unspecified atom stereocenters. The largest absolute Gasteiger partial charge is 0.351 e. The molecule has 156 valence electrons. The molecular formula is C23H31N3O2S. The number of rotatable bonds is 5. The quantitative estimate of drug-likeness (QED) is 0.791. The summed E-state index contributed by atoms with van der Waals surface area (Å²) in [5.74, 6) is 0.0570. The zero-order chi connectivity index (χ0) is 20.4. The van der Waals surface area contributed by atoms with E-state index in [9.17, 15) is 9.59 Å². The molecule has 1 N–H and O–H groups in total. The van der Waals surface area contributed by atoms with Crippen LogP contribution in [0.2, 0.25) is 0 Å². The number of hydrogen-bond donors (Lipinski definition) is 1. The highest BCUT2D eigenvalue weighted by molar-refractivity contribution is 7.10. The molecule has 0 bridgehead atoms. The average Bonchev–Trinajstić information content (AvgIpc) is 3.31. The second kappa shape index (κ2) is 8.74. The highest BCUT2D eigenvalue weighted by atomic mass is 32.1. The molecule has 29 heavy (non-hydrogen) atoms. The fourth-order valence-electron chi connectivity index (χ4n) is 4.91. The lowest BCUT2D eigenvalue weighted by molar-refractivity contribution is -0.131. The van der Waals surface area contributed by atoms with Crippen LogP contribution < -0.4 is 5.32 Å². The second-order valence-electron chi connectivity index (χ2n) is 8.39. The number of amides is 2. The van der Waals surface area contributed by atoms with Crippen LogP contribution in [0.3, 0.4) is 0 Å². The van der Waals surface area contributed by atoms with Gasteiger partial charge in [0.05, 0.1) is 5.56 Å². The maximum Gasteiger partial charge on any atom is 0.253 e. The molecule has 0 spiro atoms. The van der Waals surface area contributed by atoms with Crippen LogP contribution >= 0.6 is 11.3 Å². The summed E-state index contributed by atoms with van der Waals surface area (Å²) in [6.45, 7) is 6.01. The Kier molecular flexibility index (Phi) is 6.09. The van der Waals surface area contributed by atoms with Gasteiger partial charge in [-0.25, -0.2) is 0 Å². The topological polar surface area (TPSA) is 54.3 Å². The lowest BCUT2D eigenvalue weighted by Gasteiger charge is -2.27. The van der Waals surface area contributed by atoms with Crippen molar-refractivity contribution in [2.45, 2.75) is 71.4 Å². The van der Waals surface area contributed by atoms with Crippen LogP contribution in [0.4, 0.5) is 0 Å². The molecule has 0 radical (unpaired) electrons. The Bertz CT molecular complexity index is 892. The zero-order valence-electron chi connectivity index (χ0n) is 17.5. The van der Waals surface area contributed by atoms with Crippen molar-refractivity contribution in [3.63, 3.8) is 0 Å². The van der Waals surface area contributed by atoms with Crippen molar-refractivity contribution in [3.05, 3.63) is 44.9 Å². The fraction of sp³-hybridized carbons (Fsp3) is 0.565. The van der Waals surface area contributed by atoms with Crippen LogP contribution in [0.1, 0.15) is 76.8 Å². The molecule has 1 fully saturated rings. The number of thiophene rings is 1. The van der Waals surface area contributed by atoms with Crippen molar-refractivity contribution in [2.24, 2.45) is 0 Å². The lowest BCUT2D eigenvalue weighted by atomic mass is 9.95. The number of hydrogen-bond acceptors (Lipinski definition) is 3. The van der Waals surface area contributed by atoms with Crippen LogP contribution in [0.5, 0.6) is 0 Å². The van der Waals surface area contributed by atoms with E-state index in [1.54, 1.807) is 11.3 Å². The van der Waals surface area contributed by atoms with Crippen LogP contribution in [0.25, 0.3) is 0 Å². The van der Waals surface area contributed by atoms with Gasteiger partial charge in [0.2, 0.25) is 5.91 Å². The maximum atomic E-state index is 12.8. The first-order valence-electron chi connectivity index (χ1n) is 10.8. The minimum atomic E-state index is -0.0632. The normalized spacial score (nSPS) is 17.2. The molecule has 5 nitrogen and oxygen atoms in total. The number of nitrogens with zero attached hydrogens (tertiary/aromatic N) is 2. The van der Waals surface area contributed by atoms with Gasteiger partial charge in [-0.2, -0.15) is 0 Å². The molecule has 0 saturated heterocycles. The first-order valence-corrected chi connectivity index (χ1v) is 11.7. The Labute approximate surface area is 177 Å². The van der Waals surface area contributed by atoms with Crippen LogP contribution in [0, 0.1) is 13.8 Å². The summed E-state index contributed by atoms with van der Waals surface area (Å²) in [6.07, 6.45) is 7.57. The number of carbonyl (C=O) groups excluding carboxylic acids is 2. The summed E-state index contributed by atoms with van der Waals surface area (Å²) in [7, 11) is 0. The standard InChI is InChI=1S/C23H31N3O2S/c1-16-14-20(17(2)26(16)19-6-4-3-5-7-19)23(28)24-11-8-22(27)25-12-9-21-18(15-25)10-13-29-21/h10,13-14,19H,3-9,11-12,15H2,1-2H3,(H,24,28). The predicted octanol–water partition coefficient (Wildman–Crippen LogP) is 4.38. The fourth-order valence-corrected chi connectivity index (χ4v) is 5.80. The van der Waals surface area contributed by atoms with E-state index >= 15 is 0 Å². The summed E-state index contributed by atoms with van der Waals surface area (Å²) >= 11 is 1.78. The monoisotopic (exact) mass is 413 g/mol. The second-order valence-corrected chi connectivity index (χ2v) is 9.39. The van der Waals surface area contributed by atoms with Crippen molar-refractivity contribution in [1.82, 2.24) is 14.8 Å². The van der Waals surface area contributed by atoms with Gasteiger partial charge in [0, 0.05) is 48.4 Å². The summed E-state index contributed by atoms with van der Waals surface area (Å²) < 4.78 is 2.35. The molecule has 3 heterocycles. The smallest absolute Gasteiger partial charge is 0.253 e. The number of fused-ring (bicyclic) bond motifs is 1. The first kappa shape index (κ1) is 20.2. The third-order valence-corrected chi connectivity index (χ3v) is 7.48. The first-order chi connectivity index (χ1) is 14.0. The van der Waals surface area contributed by atoms with Crippen molar-refractivity contribution in [3.8, 4) is 0 Å². The van der Waals surface area contributed by atoms with Crippen LogP contribution in [0.15, 0.2) is 17.5 Å². The van der Waals surface area contributed by atoms with E-state index in [0.29, 0.717) is 25.6 Å². The average molecular weight is 414 g/mol. The van der Waals surface area contributed by atoms with Crippen molar-refractivity contribution < 1.29 is 9.59 Å². The van der Waals surface area contributed by atoms with E-state index in [-0.39, 0.29) is 11.8 Å². The molecule has 1 aliphatic carbocycles. The third-order valence-electron chi connectivity index (χ3n) is 6.45. The number of aryl methyl sites for hydroxylation is 1. The van der Waals surface area contributed by atoms with Crippen molar-refractivity contribution >= 4 is 23.2 Å². The molecule has 2 aliphatic rings. The van der Waals surface area contributed by atoms with Crippen molar-refractivity contribution in [2.75, 3.05) is 13.1 Å². The third kappa shape index (κ3) is 4.27. The highest BCUT2D eigenvalue weighted by Gasteiger charge is 2.24. The summed E-state index contributed by atoms with van der Waals surface area (Å²) in [5.41, 5.74) is 4.24. The maximum absolute atomic E-state index is 12.8. The van der Waals surface area contributed by atoms with Gasteiger partial charge in [-0.3, -0.25) is 9.59 Å². The van der Waals surface area contributed by atoms with Gasteiger partial charge in [0.25, 0.3) is 5.91 Å². The van der Waals surface area contributed by atoms with Gasteiger partial charge in [-0.1, -0.05) is 19.3 Å². The van der Waals surface area contributed by atoms with Gasteiger partial charge >= 0.3 is 0 Å². The van der Waals surface area contributed by atoms with Gasteiger partial charge in [-0.05, 0) is 56.2 Å². The Morgan fingerprint density at radius 3 is 2.79 bits per heavy atom.